The van der Waals surface area contributed by atoms with Crippen molar-refractivity contribution in [3.63, 3.8) is 0 Å². The summed E-state index contributed by atoms with van der Waals surface area (Å²) in [5, 5.41) is 0. The van der Waals surface area contributed by atoms with E-state index in [-0.39, 0.29) is 41.4 Å². The first-order chi connectivity index (χ1) is 0. The number of hydrogen-bond acceptors (Lipinski definition) is 4. The van der Waals surface area contributed by atoms with Crippen LogP contribution in [-0.4, -0.2) is 21.9 Å². The Bertz CT molecular complexity index is 3.61. The fourth-order valence-corrected chi connectivity index (χ4v) is 0. The third-order valence-corrected chi connectivity index (χ3v) is 0. The molecule has 4 N–H and O–H groups in total. The normalized spacial score (nSPS) is 0. The third kappa shape index (κ3) is 126. The van der Waals surface area contributed by atoms with Gasteiger partial charge in [0, 0.05) is 0 Å². The minimum Gasteiger partial charge on any atom is -0.870 e. The number of rotatable bonds is 0. The number of hydrogen-bond donors (Lipinski definition) is 0. The van der Waals surface area contributed by atoms with Crippen molar-refractivity contribution < 1.29 is 41.4 Å². The largest absolute Gasteiger partial charge is 4.00 e. The zero-order valence-corrected chi connectivity index (χ0v) is 3.76. The van der Waals surface area contributed by atoms with Crippen molar-refractivity contribution in [3.05, 3.63) is 0 Å². The second kappa shape index (κ2) is 249. The average Bonchev–Trinajstić information content (AvgIpc) is 0. The van der Waals surface area contributed by atoms with Crippen molar-refractivity contribution in [2.24, 2.45) is 0 Å². The SMILES string of the molecule is [OH-].[OH-].[OH-].[OH-].[Rh+4]. The molecule has 0 spiro atoms. The summed E-state index contributed by atoms with van der Waals surface area (Å²) in [6, 6.07) is 0. The Morgan fingerprint density at radius 3 is 0.400 bits per heavy atom. The molecule has 4 nitrogen and oxygen atoms in total. The van der Waals surface area contributed by atoms with Gasteiger partial charge in [0.05, 0.1) is 0 Å². The van der Waals surface area contributed by atoms with Gasteiger partial charge in [-0.15, -0.1) is 0 Å². The summed E-state index contributed by atoms with van der Waals surface area (Å²) in [5.74, 6) is 0. The molecule has 0 atom stereocenters. The predicted molar refractivity (Wildman–Crippen MR) is 7.74 cm³/mol. The quantitative estimate of drug-likeness (QED) is 0.446. The zero-order chi connectivity index (χ0) is 0. The second-order valence-electron chi connectivity index (χ2n) is 0. The molecule has 37 valence electrons. The Balaban J connectivity index is 0. The molecule has 1 radical (unpaired) electrons. The second-order valence-corrected chi connectivity index (χ2v) is 0. The van der Waals surface area contributed by atoms with Crippen LogP contribution in [0.25, 0.3) is 0 Å². The maximum absolute atomic E-state index is 0. The van der Waals surface area contributed by atoms with E-state index in [0.717, 1.165) is 0 Å². The third-order valence-electron chi connectivity index (χ3n) is 0. The molecular weight excluding hydrogens is 167 g/mol. The van der Waals surface area contributed by atoms with Crippen LogP contribution in [0.15, 0.2) is 0 Å². The van der Waals surface area contributed by atoms with Gasteiger partial charge < -0.3 is 21.9 Å². The Kier molecular flexibility index (Phi) is 25300. The minimum absolute atomic E-state index is 0. The first-order valence-electron chi connectivity index (χ1n) is 0. The fraction of sp³-hybridized carbons (Fsp3) is 0. The Hall–Kier alpha value is 0.463. The average molecular weight is 171 g/mol. The fourth-order valence-electron chi connectivity index (χ4n) is 0. The summed E-state index contributed by atoms with van der Waals surface area (Å²) in [6.45, 7) is 0. The van der Waals surface area contributed by atoms with Crippen LogP contribution in [0.4, 0.5) is 0 Å². The van der Waals surface area contributed by atoms with Crippen molar-refractivity contribution in [1.29, 1.82) is 0 Å². The van der Waals surface area contributed by atoms with Gasteiger partial charge in [-0.1, -0.05) is 0 Å². The van der Waals surface area contributed by atoms with Crippen LogP contribution in [0.2, 0.25) is 0 Å². The van der Waals surface area contributed by atoms with Crippen LogP contribution in [0, 0.1) is 0 Å². The van der Waals surface area contributed by atoms with E-state index in [1.807, 2.05) is 0 Å². The topological polar surface area (TPSA) is 120 Å². The van der Waals surface area contributed by atoms with Crippen LogP contribution in [-0.2, 0) is 19.5 Å². The molecular formula is H4O4Rh. The maximum atomic E-state index is 0. The molecule has 5 heteroatoms. The molecule has 0 fully saturated rings. The molecule has 0 aliphatic rings. The summed E-state index contributed by atoms with van der Waals surface area (Å²) in [5.41, 5.74) is 0. The van der Waals surface area contributed by atoms with Crippen molar-refractivity contribution in [1.82, 2.24) is 0 Å². The van der Waals surface area contributed by atoms with E-state index >= 15 is 0 Å². The first kappa shape index (κ1) is 507. The molecule has 5 heavy (non-hydrogen) atoms. The molecule has 0 saturated heterocycles. The van der Waals surface area contributed by atoms with E-state index < -0.39 is 0 Å². The molecule has 0 aromatic rings. The molecule has 0 bridgehead atoms. The zero-order valence-electron chi connectivity index (χ0n) is 2.12. The van der Waals surface area contributed by atoms with E-state index in [1.165, 1.54) is 0 Å². The molecule has 0 aliphatic heterocycles. The van der Waals surface area contributed by atoms with Crippen molar-refractivity contribution in [2.75, 3.05) is 0 Å². The summed E-state index contributed by atoms with van der Waals surface area (Å²) in [7, 11) is 0. The van der Waals surface area contributed by atoms with E-state index in [4.69, 9.17) is 0 Å². The molecule has 0 saturated carbocycles. The van der Waals surface area contributed by atoms with Gasteiger partial charge in [-0.05, 0) is 0 Å². The monoisotopic (exact) mass is 171 g/mol. The smallest absolute Gasteiger partial charge is 0.870 e. The summed E-state index contributed by atoms with van der Waals surface area (Å²) in [4.78, 5) is 0. The molecule has 0 aromatic heterocycles. The van der Waals surface area contributed by atoms with Gasteiger partial charge in [0.25, 0.3) is 0 Å². The molecule has 0 amide bonds. The van der Waals surface area contributed by atoms with Crippen molar-refractivity contribution in [2.45, 2.75) is 0 Å². The predicted octanol–water partition coefficient (Wildman–Crippen LogP) is -0.710. The van der Waals surface area contributed by atoms with Crippen molar-refractivity contribution >= 4 is 0 Å². The molecule has 0 aromatic carbocycles. The van der Waals surface area contributed by atoms with E-state index in [9.17, 15) is 0 Å². The van der Waals surface area contributed by atoms with Gasteiger partial charge in [-0.2, -0.15) is 0 Å². The summed E-state index contributed by atoms with van der Waals surface area (Å²) in [6.07, 6.45) is 0. The summed E-state index contributed by atoms with van der Waals surface area (Å²) >= 11 is 0. The van der Waals surface area contributed by atoms with E-state index in [2.05, 4.69) is 0 Å². The maximum Gasteiger partial charge on any atom is 4.00 e. The van der Waals surface area contributed by atoms with Crippen molar-refractivity contribution in [3.8, 4) is 0 Å². The van der Waals surface area contributed by atoms with Crippen LogP contribution in [0.1, 0.15) is 0 Å². The van der Waals surface area contributed by atoms with Gasteiger partial charge in [0.2, 0.25) is 0 Å². The molecule has 0 heterocycles. The van der Waals surface area contributed by atoms with Gasteiger partial charge >= 0.3 is 19.5 Å². The Labute approximate surface area is 42.2 Å². The molecule has 0 rings (SSSR count). The van der Waals surface area contributed by atoms with E-state index in [1.54, 1.807) is 0 Å². The Morgan fingerprint density at radius 1 is 0.400 bits per heavy atom. The molecule has 0 unspecified atom stereocenters. The summed E-state index contributed by atoms with van der Waals surface area (Å²) < 4.78 is 0. The van der Waals surface area contributed by atoms with Crippen LogP contribution >= 0.6 is 0 Å². The van der Waals surface area contributed by atoms with E-state index in [0.29, 0.717) is 0 Å². The van der Waals surface area contributed by atoms with Crippen LogP contribution in [0.5, 0.6) is 0 Å². The van der Waals surface area contributed by atoms with Crippen LogP contribution in [0.3, 0.4) is 0 Å². The minimum atomic E-state index is 0. The molecule has 0 aliphatic carbocycles. The first-order valence-corrected chi connectivity index (χ1v) is 0. The van der Waals surface area contributed by atoms with Gasteiger partial charge in [-0.25, -0.2) is 0 Å². The van der Waals surface area contributed by atoms with Gasteiger partial charge in [0.1, 0.15) is 0 Å². The van der Waals surface area contributed by atoms with Gasteiger partial charge in [0.15, 0.2) is 0 Å². The Morgan fingerprint density at radius 2 is 0.400 bits per heavy atom. The van der Waals surface area contributed by atoms with Gasteiger partial charge in [-0.3, -0.25) is 0 Å². The standard InChI is InChI=1S/4H2O.Rh/h4*1H2;/q;;;;+4/p-4. The van der Waals surface area contributed by atoms with Crippen LogP contribution < -0.4 is 0 Å².